The van der Waals surface area contributed by atoms with Crippen molar-refractivity contribution in [2.75, 3.05) is 14.1 Å². The molecule has 0 unspecified atom stereocenters. The highest BCUT2D eigenvalue weighted by Crippen LogP contribution is 2.32. The van der Waals surface area contributed by atoms with Crippen molar-refractivity contribution in [3.8, 4) is 0 Å². The van der Waals surface area contributed by atoms with E-state index in [-0.39, 0.29) is 23.5 Å². The van der Waals surface area contributed by atoms with Gasteiger partial charge in [0.05, 0.1) is 36.4 Å². The Morgan fingerprint density at radius 3 is 2.26 bits per heavy atom. The number of ketones is 1. The van der Waals surface area contributed by atoms with Gasteiger partial charge in [0.15, 0.2) is 12.1 Å². The van der Waals surface area contributed by atoms with E-state index < -0.39 is 60.8 Å². The maximum absolute atomic E-state index is 13.1. The number of rotatable bonds is 4. The SMILES string of the molecule is C[C@@H]1C[C@H](C)[C@H](O[C@H]2O[C@H](C)[C@@H](O)[C@H](N(C)C)[C@H]2O)[C@@H](C)C(=O)O[C@H]([C@@H](C)O)[C@H](C)/C=C/C1=O. The Bertz CT molecular complexity index is 726. The molecule has 0 aromatic carbocycles. The maximum atomic E-state index is 13.1. The molecule has 3 N–H and O–H groups in total. The van der Waals surface area contributed by atoms with Crippen LogP contribution < -0.4 is 0 Å². The molecule has 0 saturated carbocycles. The third kappa shape index (κ3) is 6.65. The molecule has 2 aliphatic rings. The summed E-state index contributed by atoms with van der Waals surface area (Å²) < 4.78 is 17.7. The van der Waals surface area contributed by atoms with E-state index in [1.165, 1.54) is 6.08 Å². The van der Waals surface area contributed by atoms with Crippen LogP contribution in [0.5, 0.6) is 0 Å². The highest BCUT2D eigenvalue weighted by molar-refractivity contribution is 5.91. The quantitative estimate of drug-likeness (QED) is 0.503. The molecule has 1 saturated heterocycles. The highest BCUT2D eigenvalue weighted by Gasteiger charge is 2.47. The largest absolute Gasteiger partial charge is 0.459 e. The fourth-order valence-electron chi connectivity index (χ4n) is 4.99. The van der Waals surface area contributed by atoms with Gasteiger partial charge in [-0.3, -0.25) is 9.59 Å². The Kier molecular flexibility index (Phi) is 10.2. The standard InChI is InChI=1S/C25H43NO8/c1-12-9-10-18(28)13(2)11-14(3)22(15(4)24(31)33-23(12)16(5)27)34-25-21(30)19(26(7)8)20(29)17(6)32-25/h9-10,12-17,19-23,25,27,29-30H,11H2,1-8H3/b10-9+/t12-,13-,14+,15-,16-,17-,19+,20-,21-,22+,23+,25-/m1/s1. The number of cyclic esters (lactones) is 1. The number of aliphatic hydroxyl groups is 3. The third-order valence-corrected chi connectivity index (χ3v) is 7.14. The minimum atomic E-state index is -1.16. The zero-order valence-corrected chi connectivity index (χ0v) is 21.6. The van der Waals surface area contributed by atoms with Crippen LogP contribution in [0.4, 0.5) is 0 Å². The van der Waals surface area contributed by atoms with Gasteiger partial charge < -0.3 is 34.4 Å². The molecule has 1 fully saturated rings. The summed E-state index contributed by atoms with van der Waals surface area (Å²) in [6, 6.07) is -0.622. The van der Waals surface area contributed by atoms with Gasteiger partial charge in [0, 0.05) is 11.8 Å². The van der Waals surface area contributed by atoms with Crippen LogP contribution in [0.15, 0.2) is 12.2 Å². The van der Waals surface area contributed by atoms with Gasteiger partial charge in [-0.15, -0.1) is 0 Å². The van der Waals surface area contributed by atoms with E-state index in [1.807, 2.05) is 13.8 Å². The zero-order chi connectivity index (χ0) is 25.9. The molecule has 34 heavy (non-hydrogen) atoms. The summed E-state index contributed by atoms with van der Waals surface area (Å²) in [6.07, 6.45) is -2.64. The van der Waals surface area contributed by atoms with Gasteiger partial charge in [-0.25, -0.2) is 0 Å². The van der Waals surface area contributed by atoms with Gasteiger partial charge in [-0.05, 0) is 53.3 Å². The molecule has 0 bridgehead atoms. The first-order chi connectivity index (χ1) is 15.8. The molecule has 2 rings (SSSR count). The monoisotopic (exact) mass is 485 g/mol. The van der Waals surface area contributed by atoms with Crippen LogP contribution >= 0.6 is 0 Å². The Labute approximate surface area is 203 Å². The molecule has 0 spiro atoms. The van der Waals surface area contributed by atoms with Gasteiger partial charge in [0.1, 0.15) is 12.2 Å². The van der Waals surface area contributed by atoms with Crippen LogP contribution in [0.2, 0.25) is 0 Å². The molecule has 0 amide bonds. The van der Waals surface area contributed by atoms with E-state index in [0.29, 0.717) is 6.42 Å². The minimum absolute atomic E-state index is 0.0558. The van der Waals surface area contributed by atoms with Crippen molar-refractivity contribution in [1.29, 1.82) is 0 Å². The van der Waals surface area contributed by atoms with Crippen molar-refractivity contribution >= 4 is 11.8 Å². The second-order valence-corrected chi connectivity index (χ2v) is 10.4. The molecule has 196 valence electrons. The van der Waals surface area contributed by atoms with Crippen molar-refractivity contribution < 1.29 is 39.1 Å². The first-order valence-electron chi connectivity index (χ1n) is 12.2. The lowest BCUT2D eigenvalue weighted by Gasteiger charge is -2.46. The van der Waals surface area contributed by atoms with Gasteiger partial charge in [0.25, 0.3) is 0 Å². The lowest BCUT2D eigenvalue weighted by molar-refractivity contribution is -0.301. The second-order valence-electron chi connectivity index (χ2n) is 10.4. The first-order valence-corrected chi connectivity index (χ1v) is 12.2. The molecule has 0 aromatic rings. The van der Waals surface area contributed by atoms with Gasteiger partial charge in [-0.1, -0.05) is 26.8 Å². The van der Waals surface area contributed by atoms with Crippen LogP contribution in [0.1, 0.15) is 48.0 Å². The fraction of sp³-hybridized carbons (Fsp3) is 0.840. The van der Waals surface area contributed by atoms with Crippen molar-refractivity contribution in [3.05, 3.63) is 12.2 Å². The summed E-state index contributed by atoms with van der Waals surface area (Å²) in [4.78, 5) is 27.6. The summed E-state index contributed by atoms with van der Waals surface area (Å²) >= 11 is 0. The zero-order valence-electron chi connectivity index (χ0n) is 21.6. The molecular formula is C25H43NO8. The molecule has 9 nitrogen and oxygen atoms in total. The summed E-state index contributed by atoms with van der Waals surface area (Å²) in [5, 5.41) is 31.7. The number of carbonyl (C=O) groups is 2. The first kappa shape index (κ1) is 28.9. The number of carbonyl (C=O) groups excluding carboxylic acids is 2. The van der Waals surface area contributed by atoms with E-state index in [9.17, 15) is 24.9 Å². The molecule has 9 heteroatoms. The number of nitrogens with zero attached hydrogens (tertiary/aromatic N) is 1. The van der Waals surface area contributed by atoms with Crippen molar-refractivity contribution in [3.63, 3.8) is 0 Å². The lowest BCUT2D eigenvalue weighted by atomic mass is 9.84. The summed E-state index contributed by atoms with van der Waals surface area (Å²) in [6.45, 7) is 10.4. The van der Waals surface area contributed by atoms with Crippen LogP contribution in [-0.2, 0) is 23.8 Å². The van der Waals surface area contributed by atoms with E-state index in [2.05, 4.69) is 0 Å². The number of aliphatic hydroxyl groups excluding tert-OH is 3. The number of hydrogen-bond acceptors (Lipinski definition) is 9. The van der Waals surface area contributed by atoms with Gasteiger partial charge >= 0.3 is 5.97 Å². The van der Waals surface area contributed by atoms with Gasteiger partial charge in [-0.2, -0.15) is 0 Å². The van der Waals surface area contributed by atoms with Gasteiger partial charge in [0.2, 0.25) is 0 Å². The Morgan fingerprint density at radius 2 is 1.71 bits per heavy atom. The normalized spacial score (nSPS) is 44.6. The number of likely N-dealkylation sites (N-methyl/N-ethyl adjacent to an activating group) is 1. The summed E-state index contributed by atoms with van der Waals surface area (Å²) in [5.74, 6) is -2.29. The predicted octanol–water partition coefficient (Wildman–Crippen LogP) is 1.13. The summed E-state index contributed by atoms with van der Waals surface area (Å²) in [5.41, 5.74) is 0. The molecule has 2 heterocycles. The van der Waals surface area contributed by atoms with Crippen LogP contribution in [0.25, 0.3) is 0 Å². The number of allylic oxidation sites excluding steroid dienone is 1. The van der Waals surface area contributed by atoms with Crippen LogP contribution in [0, 0.1) is 23.7 Å². The van der Waals surface area contributed by atoms with Crippen molar-refractivity contribution in [2.24, 2.45) is 23.7 Å². The average Bonchev–Trinajstić information content (AvgIpc) is 2.75. The highest BCUT2D eigenvalue weighted by atomic mass is 16.7. The molecule has 2 aliphatic heterocycles. The molecule has 0 radical (unpaired) electrons. The fourth-order valence-corrected chi connectivity index (χ4v) is 4.99. The van der Waals surface area contributed by atoms with Crippen molar-refractivity contribution in [2.45, 2.75) is 96.9 Å². The lowest BCUT2D eigenvalue weighted by Crippen LogP contribution is -2.63. The second kappa shape index (κ2) is 12.1. The van der Waals surface area contributed by atoms with E-state index in [0.717, 1.165) is 0 Å². The molecule has 0 aromatic heterocycles. The maximum Gasteiger partial charge on any atom is 0.311 e. The number of ether oxygens (including phenoxy) is 3. The third-order valence-electron chi connectivity index (χ3n) is 7.14. The number of hydrogen-bond donors (Lipinski definition) is 3. The minimum Gasteiger partial charge on any atom is -0.459 e. The van der Waals surface area contributed by atoms with Crippen LogP contribution in [-0.4, -0.2) is 95.0 Å². The van der Waals surface area contributed by atoms with E-state index >= 15 is 0 Å². The van der Waals surface area contributed by atoms with E-state index in [4.69, 9.17) is 14.2 Å². The Hall–Kier alpha value is -1.36. The molecule has 12 atom stereocenters. The topological polar surface area (TPSA) is 126 Å². The smallest absolute Gasteiger partial charge is 0.311 e. The summed E-state index contributed by atoms with van der Waals surface area (Å²) in [7, 11) is 3.51. The van der Waals surface area contributed by atoms with Crippen molar-refractivity contribution in [1.82, 2.24) is 4.90 Å². The van der Waals surface area contributed by atoms with Crippen LogP contribution in [0.3, 0.4) is 0 Å². The Morgan fingerprint density at radius 1 is 1.09 bits per heavy atom. The Balaban J connectivity index is 2.37. The predicted molar refractivity (Wildman–Crippen MR) is 126 cm³/mol. The molecular weight excluding hydrogens is 442 g/mol. The molecule has 0 aliphatic carbocycles. The number of esters is 1. The average molecular weight is 486 g/mol. The van der Waals surface area contributed by atoms with E-state index in [1.54, 1.807) is 52.8 Å².